The third kappa shape index (κ3) is 4.05. The van der Waals surface area contributed by atoms with Crippen molar-refractivity contribution in [2.45, 2.75) is 77.4 Å². The Morgan fingerprint density at radius 1 is 1.19 bits per heavy atom. The topological polar surface area (TPSA) is 34.1 Å². The molecule has 1 aromatic heterocycles. The van der Waals surface area contributed by atoms with Gasteiger partial charge in [-0.15, -0.1) is 11.3 Å². The average molecular weight is 311 g/mol. The van der Waals surface area contributed by atoms with Crippen LogP contribution in [0.5, 0.6) is 0 Å². The average Bonchev–Trinajstić information content (AvgIpc) is 2.92. The maximum absolute atomic E-state index is 5.96. The second-order valence-electron chi connectivity index (χ2n) is 6.07. The summed E-state index contributed by atoms with van der Waals surface area (Å²) in [7, 11) is 1.86. The number of rotatable bonds is 8. The van der Waals surface area contributed by atoms with E-state index in [9.17, 15) is 0 Å². The van der Waals surface area contributed by atoms with Crippen LogP contribution in [0.1, 0.15) is 74.4 Å². The minimum absolute atomic E-state index is 0.103. The van der Waals surface area contributed by atoms with Gasteiger partial charge in [0.1, 0.15) is 10.6 Å². The van der Waals surface area contributed by atoms with Crippen molar-refractivity contribution >= 4 is 11.3 Å². The monoisotopic (exact) mass is 310 g/mol. The molecule has 0 radical (unpaired) electrons. The molecular weight excluding hydrogens is 280 g/mol. The molecule has 0 amide bonds. The molecule has 1 fully saturated rings. The number of ether oxygens (including phenoxy) is 1. The van der Waals surface area contributed by atoms with Crippen molar-refractivity contribution < 1.29 is 4.74 Å². The number of aryl methyl sites for hydroxylation is 1. The number of thiazole rings is 1. The van der Waals surface area contributed by atoms with E-state index in [-0.39, 0.29) is 5.60 Å². The first-order chi connectivity index (χ1) is 10.3. The molecule has 120 valence electrons. The van der Waals surface area contributed by atoms with E-state index in [0.717, 1.165) is 38.8 Å². The molecule has 4 heteroatoms. The zero-order chi connectivity index (χ0) is 15.1. The lowest BCUT2D eigenvalue weighted by molar-refractivity contribution is -0.0447. The van der Waals surface area contributed by atoms with Gasteiger partial charge in [0.2, 0.25) is 0 Å². The Kier molecular flexibility index (Phi) is 6.65. The van der Waals surface area contributed by atoms with Crippen molar-refractivity contribution in [1.82, 2.24) is 10.3 Å². The number of hydrogen-bond acceptors (Lipinski definition) is 4. The highest BCUT2D eigenvalue weighted by Crippen LogP contribution is 2.42. The molecule has 0 aromatic carbocycles. The van der Waals surface area contributed by atoms with Crippen molar-refractivity contribution in [2.75, 3.05) is 13.7 Å². The van der Waals surface area contributed by atoms with Gasteiger partial charge < -0.3 is 10.1 Å². The van der Waals surface area contributed by atoms with Crippen LogP contribution in [0.3, 0.4) is 0 Å². The SMILES string of the molecule is CCCNCc1sc(C2(OC)CCCCC2)nc1CCC. The molecule has 0 atom stereocenters. The molecule has 1 aliphatic carbocycles. The van der Waals surface area contributed by atoms with Gasteiger partial charge in [0, 0.05) is 18.5 Å². The van der Waals surface area contributed by atoms with E-state index in [4.69, 9.17) is 9.72 Å². The molecule has 1 heterocycles. The Labute approximate surface area is 133 Å². The highest BCUT2D eigenvalue weighted by Gasteiger charge is 2.37. The summed E-state index contributed by atoms with van der Waals surface area (Å²) in [5, 5.41) is 4.75. The van der Waals surface area contributed by atoms with Crippen molar-refractivity contribution in [2.24, 2.45) is 0 Å². The van der Waals surface area contributed by atoms with E-state index < -0.39 is 0 Å². The fourth-order valence-corrected chi connectivity index (χ4v) is 4.46. The molecule has 2 rings (SSSR count). The van der Waals surface area contributed by atoms with Crippen LogP contribution >= 0.6 is 11.3 Å². The maximum Gasteiger partial charge on any atom is 0.125 e. The molecule has 0 bridgehead atoms. The van der Waals surface area contributed by atoms with Crippen molar-refractivity contribution in [3.8, 4) is 0 Å². The minimum atomic E-state index is -0.103. The number of nitrogens with one attached hydrogen (secondary N) is 1. The van der Waals surface area contributed by atoms with Gasteiger partial charge in [0.25, 0.3) is 0 Å². The lowest BCUT2D eigenvalue weighted by Crippen LogP contribution is -2.31. The Morgan fingerprint density at radius 3 is 2.57 bits per heavy atom. The van der Waals surface area contributed by atoms with Gasteiger partial charge >= 0.3 is 0 Å². The molecule has 0 unspecified atom stereocenters. The molecule has 1 saturated carbocycles. The van der Waals surface area contributed by atoms with Crippen LogP contribution < -0.4 is 5.32 Å². The zero-order valence-electron chi connectivity index (χ0n) is 13.8. The van der Waals surface area contributed by atoms with Crippen LogP contribution in [0, 0.1) is 0 Å². The van der Waals surface area contributed by atoms with Gasteiger partial charge in [-0.25, -0.2) is 4.98 Å². The lowest BCUT2D eigenvalue weighted by Gasteiger charge is -2.34. The Bertz CT molecular complexity index is 424. The molecule has 21 heavy (non-hydrogen) atoms. The lowest BCUT2D eigenvalue weighted by atomic mass is 9.85. The quantitative estimate of drug-likeness (QED) is 0.723. The Hall–Kier alpha value is -0.450. The number of hydrogen-bond donors (Lipinski definition) is 1. The first-order valence-corrected chi connectivity index (χ1v) is 9.32. The smallest absolute Gasteiger partial charge is 0.125 e. The minimum Gasteiger partial charge on any atom is -0.371 e. The van der Waals surface area contributed by atoms with Crippen LogP contribution in [0.4, 0.5) is 0 Å². The largest absolute Gasteiger partial charge is 0.371 e. The summed E-state index contributed by atoms with van der Waals surface area (Å²) in [6.07, 6.45) is 9.54. The van der Waals surface area contributed by atoms with Crippen molar-refractivity contribution in [1.29, 1.82) is 0 Å². The number of nitrogens with zero attached hydrogens (tertiary/aromatic N) is 1. The van der Waals surface area contributed by atoms with E-state index in [0.29, 0.717) is 0 Å². The third-order valence-electron chi connectivity index (χ3n) is 4.42. The molecule has 1 aromatic rings. The summed E-state index contributed by atoms with van der Waals surface area (Å²) in [5.74, 6) is 0. The normalized spacial score (nSPS) is 18.0. The predicted octanol–water partition coefficient (Wildman–Crippen LogP) is 4.40. The van der Waals surface area contributed by atoms with E-state index in [1.807, 2.05) is 18.4 Å². The summed E-state index contributed by atoms with van der Waals surface area (Å²) < 4.78 is 5.96. The second kappa shape index (κ2) is 8.25. The molecule has 3 nitrogen and oxygen atoms in total. The highest BCUT2D eigenvalue weighted by molar-refractivity contribution is 7.11. The van der Waals surface area contributed by atoms with Crippen LogP contribution in [0.15, 0.2) is 0 Å². The van der Waals surface area contributed by atoms with Gasteiger partial charge in [-0.3, -0.25) is 0 Å². The number of methoxy groups -OCH3 is 1. The van der Waals surface area contributed by atoms with Crippen LogP contribution in [0.25, 0.3) is 0 Å². The molecule has 0 spiro atoms. The zero-order valence-corrected chi connectivity index (χ0v) is 14.7. The van der Waals surface area contributed by atoms with Gasteiger partial charge in [0.05, 0.1) is 5.69 Å². The summed E-state index contributed by atoms with van der Waals surface area (Å²) in [6, 6.07) is 0. The second-order valence-corrected chi connectivity index (χ2v) is 7.16. The van der Waals surface area contributed by atoms with E-state index in [1.54, 1.807) is 0 Å². The highest BCUT2D eigenvalue weighted by atomic mass is 32.1. The third-order valence-corrected chi connectivity index (χ3v) is 5.70. The van der Waals surface area contributed by atoms with Gasteiger partial charge in [-0.1, -0.05) is 39.5 Å². The molecule has 0 saturated heterocycles. The van der Waals surface area contributed by atoms with Crippen LogP contribution in [0.2, 0.25) is 0 Å². The van der Waals surface area contributed by atoms with Crippen LogP contribution in [-0.4, -0.2) is 18.6 Å². The molecule has 0 aliphatic heterocycles. The van der Waals surface area contributed by atoms with Gasteiger partial charge in [0.15, 0.2) is 0 Å². The van der Waals surface area contributed by atoms with Gasteiger partial charge in [-0.05, 0) is 32.2 Å². The van der Waals surface area contributed by atoms with Gasteiger partial charge in [-0.2, -0.15) is 0 Å². The first-order valence-electron chi connectivity index (χ1n) is 8.50. The molecular formula is C17H30N2OS. The summed E-state index contributed by atoms with van der Waals surface area (Å²) >= 11 is 1.88. The van der Waals surface area contributed by atoms with Crippen LogP contribution in [-0.2, 0) is 23.3 Å². The fraction of sp³-hybridized carbons (Fsp3) is 0.824. The van der Waals surface area contributed by atoms with E-state index in [1.165, 1.54) is 41.3 Å². The van der Waals surface area contributed by atoms with Crippen molar-refractivity contribution in [3.05, 3.63) is 15.6 Å². The molecule has 1 N–H and O–H groups in total. The Balaban J connectivity index is 2.20. The standard InChI is InChI=1S/C17H30N2OS/c1-4-9-14-15(13-18-12-5-2)21-16(19-14)17(20-3)10-7-6-8-11-17/h18H,4-13H2,1-3H3. The summed E-state index contributed by atoms with van der Waals surface area (Å²) in [4.78, 5) is 6.42. The summed E-state index contributed by atoms with van der Waals surface area (Å²) in [6.45, 7) is 6.48. The maximum atomic E-state index is 5.96. The summed E-state index contributed by atoms with van der Waals surface area (Å²) in [5.41, 5.74) is 1.19. The van der Waals surface area contributed by atoms with E-state index >= 15 is 0 Å². The van der Waals surface area contributed by atoms with Crippen molar-refractivity contribution in [3.63, 3.8) is 0 Å². The fourth-order valence-electron chi connectivity index (χ4n) is 3.16. The first kappa shape index (κ1) is 16.9. The number of aromatic nitrogens is 1. The Morgan fingerprint density at radius 2 is 1.95 bits per heavy atom. The molecule has 1 aliphatic rings. The van der Waals surface area contributed by atoms with E-state index in [2.05, 4.69) is 19.2 Å². The predicted molar refractivity (Wildman–Crippen MR) is 89.9 cm³/mol.